The lowest BCUT2D eigenvalue weighted by Crippen LogP contribution is -2.43. The predicted octanol–water partition coefficient (Wildman–Crippen LogP) is 2.87. The zero-order valence-electron chi connectivity index (χ0n) is 14.5. The molecule has 0 bridgehead atoms. The van der Waals surface area contributed by atoms with Crippen molar-refractivity contribution < 1.29 is 19.0 Å². The fraction of sp³-hybridized carbons (Fsp3) is 0.632. The summed E-state index contributed by atoms with van der Waals surface area (Å²) in [6.07, 6.45) is 5.51. The Morgan fingerprint density at radius 3 is 2.80 bits per heavy atom. The molecule has 2 amide bonds. The lowest BCUT2D eigenvalue weighted by Gasteiger charge is -2.28. The summed E-state index contributed by atoms with van der Waals surface area (Å²) >= 11 is 0. The molecule has 1 N–H and O–H groups in total. The van der Waals surface area contributed by atoms with E-state index in [4.69, 9.17) is 14.2 Å². The predicted molar refractivity (Wildman–Crippen MR) is 93.1 cm³/mol. The van der Waals surface area contributed by atoms with Crippen LogP contribution in [-0.4, -0.2) is 49.9 Å². The van der Waals surface area contributed by atoms with Crippen LogP contribution >= 0.6 is 0 Å². The Labute approximate surface area is 148 Å². The van der Waals surface area contributed by atoms with Gasteiger partial charge in [0.2, 0.25) is 0 Å². The highest BCUT2D eigenvalue weighted by Crippen LogP contribution is 2.38. The molecule has 0 aromatic heterocycles. The largest absolute Gasteiger partial charge is 0.486 e. The van der Waals surface area contributed by atoms with E-state index >= 15 is 0 Å². The van der Waals surface area contributed by atoms with E-state index in [2.05, 4.69) is 5.32 Å². The van der Waals surface area contributed by atoms with E-state index in [0.29, 0.717) is 19.8 Å². The number of likely N-dealkylation sites (tertiary alicyclic amines) is 1. The standard InChI is InChI=1S/C19H26N2O4/c22-19(20-13-15-4-1-2-9-23-15)21-8-3-5-16(21)14-6-7-17-18(12-14)25-11-10-24-17/h6-7,12,15-16H,1-5,8-11,13H2,(H,20,22). The number of ether oxygens (including phenoxy) is 3. The highest BCUT2D eigenvalue weighted by atomic mass is 16.6. The Hall–Kier alpha value is -1.95. The van der Waals surface area contributed by atoms with Crippen molar-refractivity contribution in [3.8, 4) is 11.5 Å². The number of rotatable bonds is 3. The van der Waals surface area contributed by atoms with Crippen LogP contribution in [0.5, 0.6) is 11.5 Å². The zero-order valence-corrected chi connectivity index (χ0v) is 14.5. The first kappa shape index (κ1) is 16.5. The van der Waals surface area contributed by atoms with Crippen LogP contribution in [0, 0.1) is 0 Å². The van der Waals surface area contributed by atoms with Crippen LogP contribution < -0.4 is 14.8 Å². The number of amides is 2. The maximum Gasteiger partial charge on any atom is 0.318 e. The highest BCUT2D eigenvalue weighted by Gasteiger charge is 2.31. The molecule has 1 aromatic carbocycles. The summed E-state index contributed by atoms with van der Waals surface area (Å²) in [5.74, 6) is 1.57. The number of fused-ring (bicyclic) bond motifs is 1. The molecule has 3 aliphatic rings. The summed E-state index contributed by atoms with van der Waals surface area (Å²) < 4.78 is 17.0. The van der Waals surface area contributed by atoms with Gasteiger partial charge in [-0.25, -0.2) is 4.79 Å². The molecule has 2 unspecified atom stereocenters. The van der Waals surface area contributed by atoms with Gasteiger partial charge in [0.25, 0.3) is 0 Å². The smallest absolute Gasteiger partial charge is 0.318 e. The number of nitrogens with zero attached hydrogens (tertiary/aromatic N) is 1. The van der Waals surface area contributed by atoms with Gasteiger partial charge in [-0.3, -0.25) is 0 Å². The summed E-state index contributed by atoms with van der Waals surface area (Å²) in [7, 11) is 0. The molecule has 2 atom stereocenters. The second-order valence-corrected chi connectivity index (χ2v) is 6.93. The third kappa shape index (κ3) is 3.68. The minimum Gasteiger partial charge on any atom is -0.486 e. The van der Waals surface area contributed by atoms with Gasteiger partial charge in [-0.2, -0.15) is 0 Å². The molecule has 25 heavy (non-hydrogen) atoms. The van der Waals surface area contributed by atoms with E-state index in [1.807, 2.05) is 23.1 Å². The van der Waals surface area contributed by atoms with E-state index < -0.39 is 0 Å². The molecular formula is C19H26N2O4. The summed E-state index contributed by atoms with van der Waals surface area (Å²) in [6.45, 7) is 3.37. The topological polar surface area (TPSA) is 60.0 Å². The number of urea groups is 1. The number of hydrogen-bond donors (Lipinski definition) is 1. The van der Waals surface area contributed by atoms with Gasteiger partial charge in [0.05, 0.1) is 12.1 Å². The van der Waals surface area contributed by atoms with Crippen LogP contribution in [0.15, 0.2) is 18.2 Å². The van der Waals surface area contributed by atoms with Gasteiger partial charge in [0, 0.05) is 19.7 Å². The van der Waals surface area contributed by atoms with Crippen molar-refractivity contribution >= 4 is 6.03 Å². The van der Waals surface area contributed by atoms with E-state index in [1.54, 1.807) is 0 Å². The summed E-state index contributed by atoms with van der Waals surface area (Å²) in [4.78, 5) is 14.6. The zero-order chi connectivity index (χ0) is 17.1. The summed E-state index contributed by atoms with van der Waals surface area (Å²) in [6, 6.07) is 6.13. The van der Waals surface area contributed by atoms with Crippen LogP contribution in [0.25, 0.3) is 0 Å². The van der Waals surface area contributed by atoms with Crippen LogP contribution in [0.1, 0.15) is 43.7 Å². The van der Waals surface area contributed by atoms with Gasteiger partial charge in [-0.1, -0.05) is 6.07 Å². The van der Waals surface area contributed by atoms with E-state index in [1.165, 1.54) is 6.42 Å². The second-order valence-electron chi connectivity index (χ2n) is 6.93. The lowest BCUT2D eigenvalue weighted by atomic mass is 10.0. The van der Waals surface area contributed by atoms with Crippen molar-refractivity contribution in [2.45, 2.75) is 44.2 Å². The third-order valence-electron chi connectivity index (χ3n) is 5.22. The molecule has 3 aliphatic heterocycles. The van der Waals surface area contributed by atoms with Crippen molar-refractivity contribution in [1.82, 2.24) is 10.2 Å². The average Bonchev–Trinajstić information content (AvgIpc) is 3.16. The number of hydrogen-bond acceptors (Lipinski definition) is 4. The van der Waals surface area contributed by atoms with Crippen LogP contribution in [0.3, 0.4) is 0 Å². The Bertz CT molecular complexity index is 615. The van der Waals surface area contributed by atoms with Crippen molar-refractivity contribution in [3.63, 3.8) is 0 Å². The Morgan fingerprint density at radius 2 is 1.96 bits per heavy atom. The Balaban J connectivity index is 1.40. The molecule has 1 aromatic rings. The fourth-order valence-corrected chi connectivity index (χ4v) is 3.89. The monoisotopic (exact) mass is 346 g/mol. The number of carbonyl (C=O) groups is 1. The molecule has 0 saturated carbocycles. The van der Waals surface area contributed by atoms with Gasteiger partial charge in [-0.15, -0.1) is 0 Å². The maximum atomic E-state index is 12.7. The number of nitrogens with one attached hydrogen (secondary N) is 1. The normalized spacial score (nSPS) is 25.7. The number of carbonyl (C=O) groups excluding carboxylic acids is 1. The first-order valence-corrected chi connectivity index (χ1v) is 9.37. The quantitative estimate of drug-likeness (QED) is 0.914. The Morgan fingerprint density at radius 1 is 1.08 bits per heavy atom. The van der Waals surface area contributed by atoms with Crippen molar-refractivity contribution in [1.29, 1.82) is 0 Å². The van der Waals surface area contributed by atoms with Gasteiger partial charge >= 0.3 is 6.03 Å². The van der Waals surface area contributed by atoms with Crippen LogP contribution in [0.4, 0.5) is 4.79 Å². The van der Waals surface area contributed by atoms with Gasteiger partial charge in [-0.05, 0) is 49.8 Å². The highest BCUT2D eigenvalue weighted by molar-refractivity contribution is 5.75. The van der Waals surface area contributed by atoms with E-state index in [0.717, 1.165) is 55.9 Å². The SMILES string of the molecule is O=C(NCC1CCCCO1)N1CCCC1c1ccc2c(c1)OCCO2. The molecule has 6 heteroatoms. The molecule has 0 aliphatic carbocycles. The number of benzene rings is 1. The molecule has 0 spiro atoms. The molecule has 3 heterocycles. The average molecular weight is 346 g/mol. The van der Waals surface area contributed by atoms with Gasteiger partial charge < -0.3 is 24.4 Å². The van der Waals surface area contributed by atoms with E-state index in [-0.39, 0.29) is 18.2 Å². The molecule has 136 valence electrons. The summed E-state index contributed by atoms with van der Waals surface area (Å²) in [5, 5.41) is 3.06. The van der Waals surface area contributed by atoms with Gasteiger partial charge in [0.15, 0.2) is 11.5 Å². The molecule has 2 saturated heterocycles. The maximum absolute atomic E-state index is 12.7. The third-order valence-corrected chi connectivity index (χ3v) is 5.22. The molecule has 0 radical (unpaired) electrons. The Kier molecular flexibility index (Phi) is 4.97. The van der Waals surface area contributed by atoms with E-state index in [9.17, 15) is 4.79 Å². The summed E-state index contributed by atoms with van der Waals surface area (Å²) in [5.41, 5.74) is 1.12. The molecular weight excluding hydrogens is 320 g/mol. The molecule has 4 rings (SSSR count). The van der Waals surface area contributed by atoms with Crippen molar-refractivity contribution in [2.24, 2.45) is 0 Å². The van der Waals surface area contributed by atoms with Crippen molar-refractivity contribution in [3.05, 3.63) is 23.8 Å². The van der Waals surface area contributed by atoms with Crippen LogP contribution in [0.2, 0.25) is 0 Å². The molecule has 6 nitrogen and oxygen atoms in total. The minimum absolute atomic E-state index is 0.00608. The van der Waals surface area contributed by atoms with Crippen LogP contribution in [-0.2, 0) is 4.74 Å². The fourth-order valence-electron chi connectivity index (χ4n) is 3.89. The lowest BCUT2D eigenvalue weighted by molar-refractivity contribution is 0.0176. The van der Waals surface area contributed by atoms with Gasteiger partial charge in [0.1, 0.15) is 13.2 Å². The molecule has 2 fully saturated rings. The van der Waals surface area contributed by atoms with Crippen molar-refractivity contribution in [2.75, 3.05) is 32.9 Å². The second kappa shape index (κ2) is 7.52. The minimum atomic E-state index is 0.00608. The first-order valence-electron chi connectivity index (χ1n) is 9.37. The first-order chi connectivity index (χ1) is 12.3.